The predicted molar refractivity (Wildman–Crippen MR) is 61.2 cm³/mol. The SMILES string of the molecule is CC(C)CC(N)CNCCCCCO. The fraction of sp³-hybridized carbons (Fsp3) is 1.00. The summed E-state index contributed by atoms with van der Waals surface area (Å²) in [6, 6.07) is 0.285. The Morgan fingerprint density at radius 1 is 1.21 bits per heavy atom. The zero-order chi connectivity index (χ0) is 10.8. The van der Waals surface area contributed by atoms with Crippen molar-refractivity contribution in [3.8, 4) is 0 Å². The molecular weight excluding hydrogens is 176 g/mol. The van der Waals surface area contributed by atoms with Gasteiger partial charge in [-0.15, -0.1) is 0 Å². The van der Waals surface area contributed by atoms with Crippen LogP contribution in [-0.4, -0.2) is 30.8 Å². The van der Waals surface area contributed by atoms with Gasteiger partial charge in [-0.1, -0.05) is 13.8 Å². The molecular formula is C11H26N2O. The molecule has 0 radical (unpaired) electrons. The molecule has 0 aliphatic heterocycles. The quantitative estimate of drug-likeness (QED) is 0.491. The Hall–Kier alpha value is -0.120. The minimum atomic E-state index is 0.285. The monoisotopic (exact) mass is 202 g/mol. The van der Waals surface area contributed by atoms with Crippen LogP contribution in [0.5, 0.6) is 0 Å². The van der Waals surface area contributed by atoms with Crippen LogP contribution in [0.4, 0.5) is 0 Å². The number of rotatable bonds is 9. The maximum absolute atomic E-state index is 8.57. The summed E-state index contributed by atoms with van der Waals surface area (Å²) in [5.41, 5.74) is 5.91. The van der Waals surface area contributed by atoms with Crippen molar-refractivity contribution in [2.75, 3.05) is 19.7 Å². The zero-order valence-corrected chi connectivity index (χ0v) is 9.63. The lowest BCUT2D eigenvalue weighted by atomic mass is 10.0. The van der Waals surface area contributed by atoms with E-state index in [4.69, 9.17) is 10.8 Å². The molecule has 0 bridgehead atoms. The summed E-state index contributed by atoms with van der Waals surface area (Å²) < 4.78 is 0. The Balaban J connectivity index is 3.10. The van der Waals surface area contributed by atoms with Crippen molar-refractivity contribution < 1.29 is 5.11 Å². The van der Waals surface area contributed by atoms with Gasteiger partial charge in [0, 0.05) is 19.2 Å². The van der Waals surface area contributed by atoms with E-state index < -0.39 is 0 Å². The lowest BCUT2D eigenvalue weighted by molar-refractivity contribution is 0.282. The van der Waals surface area contributed by atoms with Gasteiger partial charge in [0.05, 0.1) is 0 Å². The molecule has 4 N–H and O–H groups in total. The maximum Gasteiger partial charge on any atom is 0.0431 e. The summed E-state index contributed by atoms with van der Waals surface area (Å²) in [6.07, 6.45) is 4.24. The van der Waals surface area contributed by atoms with Gasteiger partial charge in [-0.25, -0.2) is 0 Å². The summed E-state index contributed by atoms with van der Waals surface area (Å²) in [5.74, 6) is 0.682. The van der Waals surface area contributed by atoms with Crippen LogP contribution in [0.1, 0.15) is 39.5 Å². The molecule has 0 aromatic rings. The molecule has 0 fully saturated rings. The first-order valence-electron chi connectivity index (χ1n) is 5.74. The fourth-order valence-electron chi connectivity index (χ4n) is 1.51. The van der Waals surface area contributed by atoms with Gasteiger partial charge in [-0.3, -0.25) is 0 Å². The lowest BCUT2D eigenvalue weighted by Gasteiger charge is -2.14. The topological polar surface area (TPSA) is 58.3 Å². The summed E-state index contributed by atoms with van der Waals surface area (Å²) in [5, 5.41) is 11.9. The van der Waals surface area contributed by atoms with Crippen molar-refractivity contribution >= 4 is 0 Å². The van der Waals surface area contributed by atoms with Gasteiger partial charge in [0.15, 0.2) is 0 Å². The Bertz CT molecular complexity index is 118. The Kier molecular flexibility index (Phi) is 9.35. The van der Waals surface area contributed by atoms with Crippen LogP contribution in [-0.2, 0) is 0 Å². The van der Waals surface area contributed by atoms with Crippen molar-refractivity contribution in [1.82, 2.24) is 5.32 Å². The maximum atomic E-state index is 8.57. The van der Waals surface area contributed by atoms with Crippen LogP contribution < -0.4 is 11.1 Å². The highest BCUT2D eigenvalue weighted by atomic mass is 16.2. The van der Waals surface area contributed by atoms with E-state index in [-0.39, 0.29) is 6.04 Å². The van der Waals surface area contributed by atoms with E-state index in [1.165, 1.54) is 0 Å². The lowest BCUT2D eigenvalue weighted by Crippen LogP contribution is -2.35. The molecule has 14 heavy (non-hydrogen) atoms. The molecule has 3 heteroatoms. The molecule has 0 saturated carbocycles. The van der Waals surface area contributed by atoms with E-state index in [2.05, 4.69) is 19.2 Å². The molecule has 0 saturated heterocycles. The van der Waals surface area contributed by atoms with Crippen molar-refractivity contribution in [3.63, 3.8) is 0 Å². The summed E-state index contributed by atoms with van der Waals surface area (Å²) >= 11 is 0. The van der Waals surface area contributed by atoms with E-state index in [0.717, 1.165) is 38.8 Å². The number of hydrogen-bond donors (Lipinski definition) is 3. The third kappa shape index (κ3) is 9.96. The molecule has 0 rings (SSSR count). The van der Waals surface area contributed by atoms with Gasteiger partial charge in [0.2, 0.25) is 0 Å². The molecule has 0 spiro atoms. The average Bonchev–Trinajstić information content (AvgIpc) is 2.10. The minimum Gasteiger partial charge on any atom is -0.396 e. The molecule has 0 aromatic carbocycles. The van der Waals surface area contributed by atoms with Gasteiger partial charge < -0.3 is 16.2 Å². The highest BCUT2D eigenvalue weighted by Crippen LogP contribution is 2.01. The standard InChI is InChI=1S/C11H26N2O/c1-10(2)8-11(12)9-13-6-4-3-5-7-14/h10-11,13-14H,3-9,12H2,1-2H3. The average molecular weight is 202 g/mol. The van der Waals surface area contributed by atoms with Crippen LogP contribution in [0.25, 0.3) is 0 Å². The van der Waals surface area contributed by atoms with Crippen molar-refractivity contribution in [2.24, 2.45) is 11.7 Å². The molecule has 0 aromatic heterocycles. The highest BCUT2D eigenvalue weighted by molar-refractivity contribution is 4.66. The first-order chi connectivity index (χ1) is 6.66. The molecule has 0 aliphatic rings. The highest BCUT2D eigenvalue weighted by Gasteiger charge is 2.03. The third-order valence-electron chi connectivity index (χ3n) is 2.19. The summed E-state index contributed by atoms with van der Waals surface area (Å²) in [6.45, 7) is 6.64. The summed E-state index contributed by atoms with van der Waals surface area (Å²) in [7, 11) is 0. The predicted octanol–water partition coefficient (Wildman–Crippen LogP) is 1.11. The number of nitrogens with two attached hydrogens (primary N) is 1. The second-order valence-corrected chi connectivity index (χ2v) is 4.38. The second kappa shape index (κ2) is 9.44. The molecule has 1 unspecified atom stereocenters. The van der Waals surface area contributed by atoms with E-state index in [9.17, 15) is 0 Å². The zero-order valence-electron chi connectivity index (χ0n) is 9.63. The fourth-order valence-corrected chi connectivity index (χ4v) is 1.51. The first-order valence-corrected chi connectivity index (χ1v) is 5.74. The van der Waals surface area contributed by atoms with Gasteiger partial charge >= 0.3 is 0 Å². The van der Waals surface area contributed by atoms with Crippen LogP contribution in [0.3, 0.4) is 0 Å². The van der Waals surface area contributed by atoms with Gasteiger partial charge in [-0.05, 0) is 38.1 Å². The molecule has 3 nitrogen and oxygen atoms in total. The van der Waals surface area contributed by atoms with E-state index >= 15 is 0 Å². The number of hydrogen-bond acceptors (Lipinski definition) is 3. The van der Waals surface area contributed by atoms with Crippen molar-refractivity contribution in [1.29, 1.82) is 0 Å². The van der Waals surface area contributed by atoms with Crippen LogP contribution >= 0.6 is 0 Å². The van der Waals surface area contributed by atoms with E-state index in [1.54, 1.807) is 0 Å². The molecule has 0 amide bonds. The molecule has 0 aliphatic carbocycles. The Morgan fingerprint density at radius 3 is 2.50 bits per heavy atom. The smallest absolute Gasteiger partial charge is 0.0431 e. The van der Waals surface area contributed by atoms with Gasteiger partial charge in [-0.2, -0.15) is 0 Å². The van der Waals surface area contributed by atoms with Crippen molar-refractivity contribution in [3.05, 3.63) is 0 Å². The molecule has 0 heterocycles. The van der Waals surface area contributed by atoms with Gasteiger partial charge in [0.25, 0.3) is 0 Å². The second-order valence-electron chi connectivity index (χ2n) is 4.38. The first kappa shape index (κ1) is 13.9. The van der Waals surface area contributed by atoms with Crippen LogP contribution in [0, 0.1) is 5.92 Å². The Labute approximate surface area is 88.1 Å². The largest absolute Gasteiger partial charge is 0.396 e. The van der Waals surface area contributed by atoms with E-state index in [0.29, 0.717) is 12.5 Å². The number of nitrogens with one attached hydrogen (secondary N) is 1. The third-order valence-corrected chi connectivity index (χ3v) is 2.19. The number of unbranched alkanes of at least 4 members (excludes halogenated alkanes) is 2. The number of aliphatic hydroxyl groups is 1. The Morgan fingerprint density at radius 2 is 1.93 bits per heavy atom. The number of aliphatic hydroxyl groups excluding tert-OH is 1. The minimum absolute atomic E-state index is 0.285. The molecule has 86 valence electrons. The summed E-state index contributed by atoms with van der Waals surface area (Å²) in [4.78, 5) is 0. The van der Waals surface area contributed by atoms with E-state index in [1.807, 2.05) is 0 Å². The van der Waals surface area contributed by atoms with Crippen LogP contribution in [0.15, 0.2) is 0 Å². The van der Waals surface area contributed by atoms with Gasteiger partial charge in [0.1, 0.15) is 0 Å². The molecule has 1 atom stereocenters. The normalized spacial score (nSPS) is 13.5. The van der Waals surface area contributed by atoms with Crippen molar-refractivity contribution in [2.45, 2.75) is 45.6 Å². The van der Waals surface area contributed by atoms with Crippen LogP contribution in [0.2, 0.25) is 0 Å².